The topological polar surface area (TPSA) is 61.4 Å². The fourth-order valence-electron chi connectivity index (χ4n) is 3.11. The zero-order valence-electron chi connectivity index (χ0n) is 15.4. The molecule has 0 radical (unpaired) electrons. The molecule has 1 aliphatic heterocycles. The van der Waals surface area contributed by atoms with Gasteiger partial charge in [0.25, 0.3) is 0 Å². The van der Waals surface area contributed by atoms with Crippen LogP contribution in [-0.4, -0.2) is 18.5 Å². The second-order valence-electron chi connectivity index (χ2n) is 7.61. The molecule has 6 heteroatoms. The summed E-state index contributed by atoms with van der Waals surface area (Å²) < 4.78 is 0. The van der Waals surface area contributed by atoms with Crippen LogP contribution in [0.1, 0.15) is 44.5 Å². The second-order valence-corrected chi connectivity index (χ2v) is 8.59. The van der Waals surface area contributed by atoms with E-state index in [4.69, 9.17) is 0 Å². The fourth-order valence-corrected chi connectivity index (χ4v) is 4.13. The Morgan fingerprint density at radius 3 is 2.46 bits per heavy atom. The van der Waals surface area contributed by atoms with Gasteiger partial charge in [0.1, 0.15) is 0 Å². The van der Waals surface area contributed by atoms with Gasteiger partial charge >= 0.3 is 6.03 Å². The molecule has 1 saturated heterocycles. The van der Waals surface area contributed by atoms with Crippen molar-refractivity contribution in [2.24, 2.45) is 5.41 Å². The van der Waals surface area contributed by atoms with Gasteiger partial charge in [-0.15, -0.1) is 11.3 Å². The Labute approximate surface area is 158 Å². The second kappa shape index (κ2) is 7.50. The van der Waals surface area contributed by atoms with E-state index >= 15 is 0 Å². The predicted octanol–water partition coefficient (Wildman–Crippen LogP) is 4.78. The van der Waals surface area contributed by atoms with Gasteiger partial charge in [-0.3, -0.25) is 4.79 Å². The monoisotopic (exact) mass is 371 g/mol. The van der Waals surface area contributed by atoms with Gasteiger partial charge < -0.3 is 15.5 Å². The Morgan fingerprint density at radius 2 is 1.92 bits per heavy atom. The fraction of sp³-hybridized carbons (Fsp3) is 0.400. The lowest BCUT2D eigenvalue weighted by Crippen LogP contribution is -2.38. The van der Waals surface area contributed by atoms with Crippen molar-refractivity contribution in [3.05, 3.63) is 46.7 Å². The van der Waals surface area contributed by atoms with Gasteiger partial charge in [0.15, 0.2) is 0 Å². The highest BCUT2D eigenvalue weighted by Gasteiger charge is 2.28. The number of nitrogens with zero attached hydrogens (tertiary/aromatic N) is 1. The van der Waals surface area contributed by atoms with Gasteiger partial charge in [-0.25, -0.2) is 4.79 Å². The smallest absolute Gasteiger partial charge is 0.319 e. The summed E-state index contributed by atoms with van der Waals surface area (Å²) in [5, 5.41) is 7.99. The molecular formula is C20H25N3O2S. The third-order valence-corrected chi connectivity index (χ3v) is 5.42. The molecule has 0 unspecified atom stereocenters. The number of amides is 3. The summed E-state index contributed by atoms with van der Waals surface area (Å²) in [6.07, 6.45) is 1.51. The van der Waals surface area contributed by atoms with E-state index in [9.17, 15) is 9.59 Å². The molecule has 0 aliphatic carbocycles. The summed E-state index contributed by atoms with van der Waals surface area (Å²) in [4.78, 5) is 27.2. The first-order valence-corrected chi connectivity index (χ1v) is 9.74. The quantitative estimate of drug-likeness (QED) is 0.812. The highest BCUT2D eigenvalue weighted by molar-refractivity contribution is 7.10. The van der Waals surface area contributed by atoms with Crippen molar-refractivity contribution in [2.45, 2.75) is 39.7 Å². The van der Waals surface area contributed by atoms with Crippen molar-refractivity contribution in [2.75, 3.05) is 16.8 Å². The van der Waals surface area contributed by atoms with E-state index in [2.05, 4.69) is 31.4 Å². The lowest BCUT2D eigenvalue weighted by atomic mass is 9.86. The van der Waals surface area contributed by atoms with Crippen molar-refractivity contribution in [3.8, 4) is 0 Å². The predicted molar refractivity (Wildman–Crippen MR) is 107 cm³/mol. The Hall–Kier alpha value is -2.34. The molecule has 3 amide bonds. The Kier molecular flexibility index (Phi) is 5.32. The molecule has 1 aromatic carbocycles. The number of carbonyl (C=O) groups is 2. The van der Waals surface area contributed by atoms with E-state index in [1.54, 1.807) is 16.2 Å². The lowest BCUT2D eigenvalue weighted by Gasteiger charge is -2.30. The van der Waals surface area contributed by atoms with E-state index in [1.165, 1.54) is 0 Å². The number of carbonyl (C=O) groups excluding carboxylic acids is 2. The van der Waals surface area contributed by atoms with Gasteiger partial charge in [-0.05, 0) is 47.5 Å². The standard InChI is InChI=1S/C20H25N3O2S/c1-20(2,3)18(16-6-5-13-26-16)22-19(25)21-14-8-10-15(11-9-14)23-12-4-7-17(23)24/h5-6,8-11,13,18H,4,7,12H2,1-3H3,(H2,21,22,25)/t18-/m0/s1. The number of hydrogen-bond donors (Lipinski definition) is 2. The average Bonchev–Trinajstić information content (AvgIpc) is 3.24. The van der Waals surface area contributed by atoms with Gasteiger partial charge in [-0.1, -0.05) is 26.8 Å². The number of rotatable bonds is 4. The maximum absolute atomic E-state index is 12.5. The molecule has 1 aromatic heterocycles. The van der Waals surface area contributed by atoms with E-state index in [0.29, 0.717) is 12.1 Å². The highest BCUT2D eigenvalue weighted by Crippen LogP contribution is 2.35. The summed E-state index contributed by atoms with van der Waals surface area (Å²) in [5.74, 6) is 0.160. The maximum Gasteiger partial charge on any atom is 0.319 e. The van der Waals surface area contributed by atoms with E-state index in [-0.39, 0.29) is 23.4 Å². The van der Waals surface area contributed by atoms with Gasteiger partial charge in [-0.2, -0.15) is 0 Å². The molecule has 3 rings (SSSR count). The van der Waals surface area contributed by atoms with E-state index < -0.39 is 0 Å². The first-order chi connectivity index (χ1) is 12.3. The largest absolute Gasteiger partial charge is 0.330 e. The summed E-state index contributed by atoms with van der Waals surface area (Å²) in [5.41, 5.74) is 1.49. The van der Waals surface area contributed by atoms with Crippen LogP contribution in [0.2, 0.25) is 0 Å². The summed E-state index contributed by atoms with van der Waals surface area (Å²) in [7, 11) is 0. The van der Waals surface area contributed by atoms with E-state index in [0.717, 1.165) is 23.5 Å². The first-order valence-electron chi connectivity index (χ1n) is 8.86. The SMILES string of the molecule is CC(C)(C)[C@@H](NC(=O)Nc1ccc(N2CCCC2=O)cc1)c1cccs1. The molecule has 1 atom stereocenters. The maximum atomic E-state index is 12.5. The number of anilines is 2. The molecule has 0 saturated carbocycles. The number of hydrogen-bond acceptors (Lipinski definition) is 3. The Bertz CT molecular complexity index is 763. The Morgan fingerprint density at radius 1 is 1.19 bits per heavy atom. The molecule has 26 heavy (non-hydrogen) atoms. The van der Waals surface area contributed by atoms with Crippen molar-refractivity contribution >= 4 is 34.6 Å². The van der Waals surface area contributed by atoms with Gasteiger partial charge in [0, 0.05) is 29.2 Å². The van der Waals surface area contributed by atoms with Crippen molar-refractivity contribution in [1.29, 1.82) is 0 Å². The van der Waals surface area contributed by atoms with Crippen molar-refractivity contribution in [1.82, 2.24) is 5.32 Å². The molecule has 1 aliphatic rings. The third kappa shape index (κ3) is 4.25. The highest BCUT2D eigenvalue weighted by atomic mass is 32.1. The minimum absolute atomic E-state index is 0.0657. The summed E-state index contributed by atoms with van der Waals surface area (Å²) >= 11 is 1.64. The Balaban J connectivity index is 1.64. The van der Waals surface area contributed by atoms with Crippen LogP contribution in [-0.2, 0) is 4.79 Å². The van der Waals surface area contributed by atoms with Crippen LogP contribution in [0.15, 0.2) is 41.8 Å². The lowest BCUT2D eigenvalue weighted by molar-refractivity contribution is -0.117. The molecule has 2 N–H and O–H groups in total. The molecule has 2 aromatic rings. The average molecular weight is 372 g/mol. The van der Waals surface area contributed by atoms with Gasteiger partial charge in [0.2, 0.25) is 5.91 Å². The molecular weight excluding hydrogens is 346 g/mol. The zero-order valence-corrected chi connectivity index (χ0v) is 16.2. The molecule has 138 valence electrons. The zero-order chi connectivity index (χ0) is 18.7. The van der Waals surface area contributed by atoms with Crippen LogP contribution in [0.5, 0.6) is 0 Å². The number of nitrogens with one attached hydrogen (secondary N) is 2. The van der Waals surface area contributed by atoms with Crippen LogP contribution in [0.3, 0.4) is 0 Å². The van der Waals surface area contributed by atoms with Gasteiger partial charge in [0.05, 0.1) is 6.04 Å². The summed E-state index contributed by atoms with van der Waals surface area (Å²) in [6, 6.07) is 11.2. The summed E-state index contributed by atoms with van der Waals surface area (Å²) in [6.45, 7) is 7.10. The molecule has 0 bridgehead atoms. The van der Waals surface area contributed by atoms with Crippen molar-refractivity contribution < 1.29 is 9.59 Å². The van der Waals surface area contributed by atoms with Crippen LogP contribution in [0.25, 0.3) is 0 Å². The van der Waals surface area contributed by atoms with E-state index in [1.807, 2.05) is 41.8 Å². The normalized spacial score (nSPS) is 15.8. The number of urea groups is 1. The van der Waals surface area contributed by atoms with Crippen LogP contribution in [0, 0.1) is 5.41 Å². The number of thiophene rings is 1. The molecule has 5 nitrogen and oxygen atoms in total. The molecule has 1 fully saturated rings. The van der Waals surface area contributed by atoms with Crippen LogP contribution < -0.4 is 15.5 Å². The minimum atomic E-state index is -0.233. The van der Waals surface area contributed by atoms with Crippen molar-refractivity contribution in [3.63, 3.8) is 0 Å². The first kappa shape index (κ1) is 18.5. The molecule has 2 heterocycles. The van der Waals surface area contributed by atoms with Crippen LogP contribution in [0.4, 0.5) is 16.2 Å². The number of benzene rings is 1. The molecule has 0 spiro atoms. The third-order valence-electron chi connectivity index (χ3n) is 4.48. The van der Waals surface area contributed by atoms with Crippen LogP contribution >= 0.6 is 11.3 Å². The minimum Gasteiger partial charge on any atom is -0.330 e.